The van der Waals surface area contributed by atoms with Crippen molar-refractivity contribution in [3.8, 4) is 17.2 Å². The van der Waals surface area contributed by atoms with Gasteiger partial charge in [-0.05, 0) is 49.7 Å². The zero-order valence-electron chi connectivity index (χ0n) is 18.8. The van der Waals surface area contributed by atoms with E-state index in [1.165, 1.54) is 0 Å². The zero-order valence-corrected chi connectivity index (χ0v) is 18.8. The van der Waals surface area contributed by atoms with Crippen LogP contribution in [0.15, 0.2) is 71.9 Å². The van der Waals surface area contributed by atoms with E-state index < -0.39 is 0 Å². The van der Waals surface area contributed by atoms with Crippen molar-refractivity contribution < 1.29 is 14.3 Å². The zero-order chi connectivity index (χ0) is 22.9. The molecule has 0 spiro atoms. The standard InChI is InChI=1S/C26H27N3O3/c1-5-20(17-27-3)24-15-22(12-13-28-24)32-25-11-7-10-23(18(25)2)26(30)29-16-19-8-6-9-21(14-19)31-4/h5-15,17H,16H2,1-4H3,(H,29,30)/b20-5+,27-17?. The van der Waals surface area contributed by atoms with E-state index in [-0.39, 0.29) is 5.91 Å². The summed E-state index contributed by atoms with van der Waals surface area (Å²) in [6.45, 7) is 4.21. The number of nitrogens with zero attached hydrogens (tertiary/aromatic N) is 2. The van der Waals surface area contributed by atoms with Crippen LogP contribution in [0.2, 0.25) is 0 Å². The molecule has 0 aliphatic heterocycles. The maximum atomic E-state index is 12.8. The highest BCUT2D eigenvalue weighted by atomic mass is 16.5. The van der Waals surface area contributed by atoms with Crippen molar-refractivity contribution in [2.24, 2.45) is 4.99 Å². The first kappa shape index (κ1) is 22.7. The van der Waals surface area contributed by atoms with Crippen LogP contribution in [-0.4, -0.2) is 31.3 Å². The van der Waals surface area contributed by atoms with E-state index in [0.717, 1.165) is 28.1 Å². The van der Waals surface area contributed by atoms with Gasteiger partial charge in [-0.15, -0.1) is 0 Å². The molecule has 0 aliphatic carbocycles. The van der Waals surface area contributed by atoms with Gasteiger partial charge < -0.3 is 14.8 Å². The highest BCUT2D eigenvalue weighted by Crippen LogP contribution is 2.28. The topological polar surface area (TPSA) is 72.8 Å². The first-order chi connectivity index (χ1) is 15.5. The molecule has 0 bridgehead atoms. The minimum absolute atomic E-state index is 0.165. The van der Waals surface area contributed by atoms with Crippen molar-refractivity contribution in [3.05, 3.63) is 89.3 Å². The average Bonchev–Trinajstić information content (AvgIpc) is 2.82. The molecule has 0 fully saturated rings. The molecular weight excluding hydrogens is 402 g/mol. The third-order valence-corrected chi connectivity index (χ3v) is 4.95. The number of nitrogens with one attached hydrogen (secondary N) is 1. The largest absolute Gasteiger partial charge is 0.497 e. The summed E-state index contributed by atoms with van der Waals surface area (Å²) in [5.41, 5.74) is 3.95. The smallest absolute Gasteiger partial charge is 0.251 e. The Morgan fingerprint density at radius 3 is 2.69 bits per heavy atom. The number of methoxy groups -OCH3 is 1. The molecule has 6 nitrogen and oxygen atoms in total. The van der Waals surface area contributed by atoms with Gasteiger partial charge in [0.15, 0.2) is 0 Å². The Morgan fingerprint density at radius 1 is 1.12 bits per heavy atom. The van der Waals surface area contributed by atoms with Gasteiger partial charge in [-0.2, -0.15) is 0 Å². The molecule has 3 rings (SSSR count). The van der Waals surface area contributed by atoms with Crippen LogP contribution in [0.1, 0.15) is 34.1 Å². The van der Waals surface area contributed by atoms with E-state index in [4.69, 9.17) is 9.47 Å². The van der Waals surface area contributed by atoms with Crippen LogP contribution in [0.4, 0.5) is 0 Å². The fraction of sp³-hybridized carbons (Fsp3) is 0.192. The second kappa shape index (κ2) is 10.9. The molecule has 0 aliphatic rings. The molecule has 0 atom stereocenters. The lowest BCUT2D eigenvalue weighted by Gasteiger charge is -2.13. The van der Waals surface area contributed by atoms with Gasteiger partial charge in [0.25, 0.3) is 5.91 Å². The molecule has 0 saturated carbocycles. The number of allylic oxidation sites excluding steroid dienone is 2. The van der Waals surface area contributed by atoms with Crippen molar-refractivity contribution in [3.63, 3.8) is 0 Å². The second-order valence-corrected chi connectivity index (χ2v) is 7.07. The number of hydrogen-bond acceptors (Lipinski definition) is 5. The van der Waals surface area contributed by atoms with E-state index in [0.29, 0.717) is 23.6 Å². The molecule has 164 valence electrons. The SMILES string of the molecule is C/C=C(\C=NC)c1cc(Oc2cccc(C(=O)NCc3cccc(OC)c3)c2C)ccn1. The number of carbonyl (C=O) groups excluding carboxylic acids is 1. The summed E-state index contributed by atoms with van der Waals surface area (Å²) in [6.07, 6.45) is 5.39. The number of pyridine rings is 1. The van der Waals surface area contributed by atoms with Gasteiger partial charge in [-0.1, -0.05) is 24.3 Å². The van der Waals surface area contributed by atoms with Gasteiger partial charge in [-0.3, -0.25) is 14.8 Å². The van der Waals surface area contributed by atoms with Gasteiger partial charge in [-0.25, -0.2) is 0 Å². The van der Waals surface area contributed by atoms with Crippen LogP contribution >= 0.6 is 0 Å². The number of aromatic nitrogens is 1. The number of ether oxygens (including phenoxy) is 2. The van der Waals surface area contributed by atoms with Crippen LogP contribution in [0, 0.1) is 6.92 Å². The Bertz CT molecular complexity index is 1150. The van der Waals surface area contributed by atoms with Gasteiger partial charge in [0.2, 0.25) is 0 Å². The summed E-state index contributed by atoms with van der Waals surface area (Å²) in [7, 11) is 3.34. The molecule has 2 aromatic carbocycles. The van der Waals surface area contributed by atoms with Crippen molar-refractivity contribution in [2.75, 3.05) is 14.2 Å². The number of rotatable bonds is 8. The third-order valence-electron chi connectivity index (χ3n) is 4.95. The molecule has 1 N–H and O–H groups in total. The average molecular weight is 430 g/mol. The van der Waals surface area contributed by atoms with Crippen molar-refractivity contribution in [1.29, 1.82) is 0 Å². The summed E-state index contributed by atoms with van der Waals surface area (Å²) in [4.78, 5) is 21.3. The van der Waals surface area contributed by atoms with E-state index in [9.17, 15) is 4.79 Å². The molecule has 1 heterocycles. The summed E-state index contributed by atoms with van der Waals surface area (Å²) < 4.78 is 11.3. The minimum Gasteiger partial charge on any atom is -0.497 e. The van der Waals surface area contributed by atoms with Crippen molar-refractivity contribution in [1.82, 2.24) is 10.3 Å². The maximum absolute atomic E-state index is 12.8. The number of hydrogen-bond donors (Lipinski definition) is 1. The number of benzene rings is 2. The van der Waals surface area contributed by atoms with Gasteiger partial charge in [0.1, 0.15) is 17.2 Å². The van der Waals surface area contributed by atoms with Crippen molar-refractivity contribution >= 4 is 17.7 Å². The number of amides is 1. The predicted molar refractivity (Wildman–Crippen MR) is 128 cm³/mol. The van der Waals surface area contributed by atoms with E-state index in [1.807, 2.05) is 62.4 Å². The second-order valence-electron chi connectivity index (χ2n) is 7.07. The lowest BCUT2D eigenvalue weighted by atomic mass is 10.1. The van der Waals surface area contributed by atoms with Crippen LogP contribution in [0.5, 0.6) is 17.2 Å². The Balaban J connectivity index is 1.76. The van der Waals surface area contributed by atoms with E-state index >= 15 is 0 Å². The quantitative estimate of drug-likeness (QED) is 0.498. The highest BCUT2D eigenvalue weighted by Gasteiger charge is 2.13. The first-order valence-electron chi connectivity index (χ1n) is 10.3. The molecule has 0 unspecified atom stereocenters. The summed E-state index contributed by atoms with van der Waals surface area (Å²) >= 11 is 0. The molecule has 1 aromatic heterocycles. The molecule has 3 aromatic rings. The Morgan fingerprint density at radius 2 is 1.94 bits per heavy atom. The lowest BCUT2D eigenvalue weighted by Crippen LogP contribution is -2.23. The molecule has 6 heteroatoms. The van der Waals surface area contributed by atoms with Crippen LogP contribution < -0.4 is 14.8 Å². The molecule has 32 heavy (non-hydrogen) atoms. The Labute approximate surface area is 188 Å². The molecule has 1 amide bonds. The predicted octanol–water partition coefficient (Wildman–Crippen LogP) is 5.22. The van der Waals surface area contributed by atoms with Crippen LogP contribution in [0.3, 0.4) is 0 Å². The molecular formula is C26H27N3O3. The fourth-order valence-corrected chi connectivity index (χ4v) is 3.22. The minimum atomic E-state index is -0.165. The lowest BCUT2D eigenvalue weighted by molar-refractivity contribution is 0.0950. The summed E-state index contributed by atoms with van der Waals surface area (Å²) in [6, 6.07) is 16.7. The van der Waals surface area contributed by atoms with Crippen LogP contribution in [0.25, 0.3) is 5.57 Å². The highest BCUT2D eigenvalue weighted by molar-refractivity contribution is 6.08. The van der Waals surface area contributed by atoms with Gasteiger partial charge in [0, 0.05) is 48.8 Å². The summed E-state index contributed by atoms with van der Waals surface area (Å²) in [5.74, 6) is 1.84. The van der Waals surface area contributed by atoms with Crippen LogP contribution in [-0.2, 0) is 6.54 Å². The van der Waals surface area contributed by atoms with Gasteiger partial charge >= 0.3 is 0 Å². The summed E-state index contributed by atoms with van der Waals surface area (Å²) in [5, 5.41) is 2.96. The Kier molecular flexibility index (Phi) is 7.75. The third kappa shape index (κ3) is 5.60. The normalized spacial score (nSPS) is 11.4. The maximum Gasteiger partial charge on any atom is 0.251 e. The van der Waals surface area contributed by atoms with Gasteiger partial charge in [0.05, 0.1) is 12.8 Å². The fourth-order valence-electron chi connectivity index (χ4n) is 3.22. The number of carbonyl (C=O) groups is 1. The molecule has 0 radical (unpaired) electrons. The first-order valence-corrected chi connectivity index (χ1v) is 10.3. The van der Waals surface area contributed by atoms with Crippen molar-refractivity contribution in [2.45, 2.75) is 20.4 Å². The Hall–Kier alpha value is -3.93. The molecule has 0 saturated heterocycles. The van der Waals surface area contributed by atoms with E-state index in [2.05, 4.69) is 15.3 Å². The number of aliphatic imine (C=N–C) groups is 1. The van der Waals surface area contributed by atoms with E-state index in [1.54, 1.807) is 38.7 Å². The monoisotopic (exact) mass is 429 g/mol.